The number of aromatic amines is 1. The Bertz CT molecular complexity index is 1620. The fraction of sp³-hybridized carbons (Fsp3) is 0.732. The number of fused-ring (bicyclic) bond motifs is 8. The number of anilines is 1. The monoisotopic (exact) mass is 656 g/mol. The van der Waals surface area contributed by atoms with Crippen LogP contribution in [0, 0.1) is 44.8 Å². The maximum absolute atomic E-state index is 14.4. The van der Waals surface area contributed by atoms with Gasteiger partial charge in [0.1, 0.15) is 5.82 Å². The van der Waals surface area contributed by atoms with Crippen LogP contribution in [-0.4, -0.2) is 34.9 Å². The van der Waals surface area contributed by atoms with E-state index in [0.717, 1.165) is 57.8 Å². The standard InChI is InChI=1S/C41H60N4O3/c1-10-11-20-48-35(46)41-18-16-36(2,3)23-28(41)32-26(25-12-13-31(47-9)43-24-25)21-30-38(6)22-27-33(44-45-34(27)42)37(4,5)29(38)14-15-39(30,7)40(32,8)17-19-41/h12-13,24,28-30H,10-11,14-23H2,1-9H3,(H3,42,44,45)/t28-,29-,30?,38-,39+,40+,41-/m0/s1. The summed E-state index contributed by atoms with van der Waals surface area (Å²) >= 11 is 0. The average Bonchev–Trinajstić information content (AvgIpc) is 3.41. The lowest BCUT2D eigenvalue weighted by Crippen LogP contribution is -2.65. The van der Waals surface area contributed by atoms with Gasteiger partial charge < -0.3 is 15.2 Å². The summed E-state index contributed by atoms with van der Waals surface area (Å²) in [6.45, 7) is 20.1. The summed E-state index contributed by atoms with van der Waals surface area (Å²) in [5, 5.41) is 7.92. The minimum atomic E-state index is -0.472. The van der Waals surface area contributed by atoms with Crippen LogP contribution in [-0.2, 0) is 21.4 Å². The van der Waals surface area contributed by atoms with Gasteiger partial charge in [-0.1, -0.05) is 67.4 Å². The molecule has 0 spiro atoms. The molecule has 48 heavy (non-hydrogen) atoms. The second kappa shape index (κ2) is 11.1. The van der Waals surface area contributed by atoms with Crippen molar-refractivity contribution in [2.24, 2.45) is 44.8 Å². The number of pyridine rings is 1. The highest BCUT2D eigenvalue weighted by Gasteiger charge is 2.70. The molecule has 262 valence electrons. The van der Waals surface area contributed by atoms with Crippen LogP contribution >= 0.6 is 0 Å². The lowest BCUT2D eigenvalue weighted by Gasteiger charge is -2.71. The predicted octanol–water partition coefficient (Wildman–Crippen LogP) is 9.08. The van der Waals surface area contributed by atoms with Gasteiger partial charge in [0.15, 0.2) is 0 Å². The molecule has 1 unspecified atom stereocenters. The van der Waals surface area contributed by atoms with E-state index < -0.39 is 5.41 Å². The number of H-pyrrole nitrogens is 1. The molecular formula is C41H60N4O3. The van der Waals surface area contributed by atoms with E-state index in [1.165, 1.54) is 35.2 Å². The first-order valence-electron chi connectivity index (χ1n) is 18.8. The zero-order chi connectivity index (χ0) is 34.5. The first kappa shape index (κ1) is 33.7. The van der Waals surface area contributed by atoms with Crippen molar-refractivity contribution in [3.05, 3.63) is 40.7 Å². The lowest BCUT2D eigenvalue weighted by atomic mass is 9.33. The van der Waals surface area contributed by atoms with Gasteiger partial charge in [-0.25, -0.2) is 4.98 Å². The first-order chi connectivity index (χ1) is 22.6. The van der Waals surface area contributed by atoms with Gasteiger partial charge in [-0.2, -0.15) is 5.10 Å². The summed E-state index contributed by atoms with van der Waals surface area (Å²) in [6, 6.07) is 4.24. The van der Waals surface area contributed by atoms with Crippen LogP contribution < -0.4 is 10.5 Å². The molecule has 2 heterocycles. The van der Waals surface area contributed by atoms with E-state index in [0.29, 0.717) is 30.1 Å². The highest BCUT2D eigenvalue weighted by Crippen LogP contribution is 2.77. The van der Waals surface area contributed by atoms with Gasteiger partial charge in [0.05, 0.1) is 19.1 Å². The van der Waals surface area contributed by atoms with E-state index in [4.69, 9.17) is 20.2 Å². The Morgan fingerprint density at radius 1 is 1.02 bits per heavy atom. The summed E-state index contributed by atoms with van der Waals surface area (Å²) < 4.78 is 11.7. The van der Waals surface area contributed by atoms with E-state index in [1.807, 2.05) is 12.3 Å². The molecule has 5 aliphatic carbocycles. The van der Waals surface area contributed by atoms with Crippen LogP contribution in [0.2, 0.25) is 0 Å². The summed E-state index contributed by atoms with van der Waals surface area (Å²) in [6.07, 6.45) is 13.1. The normalized spacial score (nSPS) is 37.7. The van der Waals surface area contributed by atoms with Crippen molar-refractivity contribution in [1.82, 2.24) is 15.2 Å². The van der Waals surface area contributed by atoms with Gasteiger partial charge in [0, 0.05) is 28.9 Å². The van der Waals surface area contributed by atoms with E-state index in [2.05, 4.69) is 71.7 Å². The molecule has 0 saturated heterocycles. The van der Waals surface area contributed by atoms with E-state index in [1.54, 1.807) is 12.7 Å². The Morgan fingerprint density at radius 2 is 1.77 bits per heavy atom. The van der Waals surface area contributed by atoms with Gasteiger partial charge in [0.2, 0.25) is 5.88 Å². The minimum Gasteiger partial charge on any atom is -0.481 e. The van der Waals surface area contributed by atoms with Crippen molar-refractivity contribution in [3.8, 4) is 5.88 Å². The van der Waals surface area contributed by atoms with Gasteiger partial charge >= 0.3 is 5.97 Å². The zero-order valence-corrected chi connectivity index (χ0v) is 31.1. The largest absolute Gasteiger partial charge is 0.481 e. The molecule has 7 heteroatoms. The maximum atomic E-state index is 14.4. The van der Waals surface area contributed by atoms with Gasteiger partial charge in [-0.3, -0.25) is 9.89 Å². The third-order valence-corrected chi connectivity index (χ3v) is 15.4. The predicted molar refractivity (Wildman–Crippen MR) is 191 cm³/mol. The number of nitrogens with one attached hydrogen (secondary N) is 1. The number of nitrogen functional groups attached to an aromatic ring is 1. The van der Waals surface area contributed by atoms with Crippen molar-refractivity contribution in [2.45, 2.75) is 131 Å². The lowest BCUT2D eigenvalue weighted by molar-refractivity contribution is -0.180. The van der Waals surface area contributed by atoms with E-state index >= 15 is 0 Å². The summed E-state index contributed by atoms with van der Waals surface area (Å²) in [4.78, 5) is 19.2. The molecule has 3 N–H and O–H groups in total. The van der Waals surface area contributed by atoms with Crippen molar-refractivity contribution >= 4 is 17.4 Å². The molecule has 3 saturated carbocycles. The van der Waals surface area contributed by atoms with Gasteiger partial charge in [-0.05, 0) is 121 Å². The van der Waals surface area contributed by atoms with Crippen molar-refractivity contribution in [1.29, 1.82) is 0 Å². The van der Waals surface area contributed by atoms with Crippen LogP contribution in [0.25, 0.3) is 5.57 Å². The summed E-state index contributed by atoms with van der Waals surface area (Å²) in [5.74, 6) is 2.42. The fourth-order valence-corrected chi connectivity index (χ4v) is 12.6. The number of ether oxygens (including phenoxy) is 2. The molecule has 0 aromatic carbocycles. The maximum Gasteiger partial charge on any atom is 0.312 e. The van der Waals surface area contributed by atoms with Crippen LogP contribution in [0.5, 0.6) is 5.88 Å². The number of methoxy groups -OCH3 is 1. The van der Waals surface area contributed by atoms with Crippen LogP contribution in [0.4, 0.5) is 5.82 Å². The third-order valence-electron chi connectivity index (χ3n) is 15.4. The number of unbranched alkanes of at least 4 members (excludes halogenated alkanes) is 1. The number of rotatable bonds is 6. The molecule has 7 rings (SSSR count). The van der Waals surface area contributed by atoms with E-state index in [-0.39, 0.29) is 39.0 Å². The number of carbonyl (C=O) groups is 1. The zero-order valence-electron chi connectivity index (χ0n) is 31.1. The molecule has 5 aliphatic rings. The Hall–Kier alpha value is -2.83. The second-order valence-corrected chi connectivity index (χ2v) is 18.5. The summed E-state index contributed by atoms with van der Waals surface area (Å²) in [7, 11) is 1.68. The number of nitrogens with two attached hydrogens (primary N) is 1. The molecule has 7 atom stereocenters. The SMILES string of the molecule is CCCCOC(=O)[C@]12CCC(C)(C)C[C@H]1C1=C(c3ccc(OC)nc3)CC3[C@@]4(C)Cc5c(N)n[nH]c5C(C)(C)[C@@H]4CC[C@@]3(C)[C@]1(C)CC2. The molecule has 7 nitrogen and oxygen atoms in total. The van der Waals surface area contributed by atoms with Crippen LogP contribution in [0.15, 0.2) is 23.9 Å². The summed E-state index contributed by atoms with van der Waals surface area (Å²) in [5.41, 5.74) is 12.9. The third kappa shape index (κ3) is 4.53. The van der Waals surface area contributed by atoms with Gasteiger partial charge in [-0.15, -0.1) is 0 Å². The van der Waals surface area contributed by atoms with Crippen molar-refractivity contribution in [2.75, 3.05) is 19.5 Å². The Balaban J connectivity index is 1.44. The van der Waals surface area contributed by atoms with E-state index in [9.17, 15) is 4.79 Å². The number of nitrogens with zero attached hydrogens (tertiary/aromatic N) is 2. The molecule has 2 aromatic rings. The number of carbonyl (C=O) groups excluding carboxylic acids is 1. The molecule has 3 fully saturated rings. The molecule has 0 amide bonds. The first-order valence-corrected chi connectivity index (χ1v) is 18.8. The quantitative estimate of drug-likeness (QED) is 0.238. The van der Waals surface area contributed by atoms with Crippen molar-refractivity contribution in [3.63, 3.8) is 0 Å². The molecule has 0 aliphatic heterocycles. The van der Waals surface area contributed by atoms with Gasteiger partial charge in [0.25, 0.3) is 0 Å². The number of allylic oxidation sites excluding steroid dienone is 2. The number of esters is 1. The molecule has 2 aromatic heterocycles. The second-order valence-electron chi connectivity index (χ2n) is 18.5. The number of aromatic nitrogens is 3. The highest BCUT2D eigenvalue weighted by molar-refractivity contribution is 5.81. The smallest absolute Gasteiger partial charge is 0.312 e. The fourth-order valence-electron chi connectivity index (χ4n) is 12.6. The molecule has 0 bridgehead atoms. The molecular weight excluding hydrogens is 596 g/mol. The highest BCUT2D eigenvalue weighted by atomic mass is 16.5. The topological polar surface area (TPSA) is 103 Å². The minimum absolute atomic E-state index is 0.0284. The number of hydrogen-bond donors (Lipinski definition) is 2. The van der Waals surface area contributed by atoms with Crippen LogP contribution in [0.1, 0.15) is 136 Å². The Labute approximate surface area is 288 Å². The van der Waals surface area contributed by atoms with Crippen LogP contribution in [0.3, 0.4) is 0 Å². The molecule has 0 radical (unpaired) electrons. The average molecular weight is 657 g/mol. The number of hydrogen-bond acceptors (Lipinski definition) is 6. The van der Waals surface area contributed by atoms with Crippen molar-refractivity contribution < 1.29 is 14.3 Å². The Kier molecular flexibility index (Phi) is 7.77. The Morgan fingerprint density at radius 3 is 2.46 bits per heavy atom.